The second-order valence-electron chi connectivity index (χ2n) is 4.24. The molecule has 0 aliphatic carbocycles. The predicted molar refractivity (Wildman–Crippen MR) is 64.8 cm³/mol. The topological polar surface area (TPSA) is 44.8 Å². The Hall–Kier alpha value is -0.870. The summed E-state index contributed by atoms with van der Waals surface area (Å²) >= 11 is 0. The van der Waals surface area contributed by atoms with Gasteiger partial charge in [0, 0.05) is 19.8 Å². The first-order chi connectivity index (χ1) is 8.22. The molecule has 0 aromatic heterocycles. The van der Waals surface area contributed by atoms with Crippen LogP contribution in [0.15, 0.2) is 11.6 Å². The summed E-state index contributed by atoms with van der Waals surface area (Å²) in [6, 6.07) is 0. The lowest BCUT2D eigenvalue weighted by Gasteiger charge is -2.22. The lowest BCUT2D eigenvalue weighted by Crippen LogP contribution is -2.35. The van der Waals surface area contributed by atoms with Gasteiger partial charge in [-0.1, -0.05) is 19.4 Å². The van der Waals surface area contributed by atoms with E-state index >= 15 is 0 Å². The third-order valence-corrected chi connectivity index (χ3v) is 2.97. The van der Waals surface area contributed by atoms with E-state index in [2.05, 4.69) is 6.92 Å². The number of hydrogen-bond acceptors (Lipinski definition) is 4. The van der Waals surface area contributed by atoms with Gasteiger partial charge in [-0.25, -0.2) is 4.79 Å². The Morgan fingerprint density at radius 3 is 2.82 bits per heavy atom. The Morgan fingerprint density at radius 1 is 1.47 bits per heavy atom. The number of carbonyl (C=O) groups is 1. The summed E-state index contributed by atoms with van der Waals surface area (Å²) in [5.41, 5.74) is 0.771. The minimum Gasteiger partial charge on any atom is -0.454 e. The summed E-state index contributed by atoms with van der Waals surface area (Å²) in [5.74, 6) is -0.222. The molecule has 17 heavy (non-hydrogen) atoms. The number of rotatable bonds is 6. The first-order valence-electron chi connectivity index (χ1n) is 6.14. The van der Waals surface area contributed by atoms with E-state index in [0.29, 0.717) is 13.0 Å². The molecule has 0 radical (unpaired) electrons. The first kappa shape index (κ1) is 14.2. The van der Waals surface area contributed by atoms with Crippen LogP contribution >= 0.6 is 0 Å². The van der Waals surface area contributed by atoms with Gasteiger partial charge in [-0.2, -0.15) is 0 Å². The van der Waals surface area contributed by atoms with Crippen molar-refractivity contribution >= 4 is 5.97 Å². The number of ether oxygens (including phenoxy) is 3. The zero-order chi connectivity index (χ0) is 12.7. The van der Waals surface area contributed by atoms with Crippen LogP contribution in [0.2, 0.25) is 0 Å². The molecule has 0 aromatic rings. The van der Waals surface area contributed by atoms with Crippen molar-refractivity contribution in [3.8, 4) is 0 Å². The molecule has 1 rings (SSSR count). The van der Waals surface area contributed by atoms with Gasteiger partial charge in [0.15, 0.2) is 6.10 Å². The maximum atomic E-state index is 11.9. The van der Waals surface area contributed by atoms with Crippen LogP contribution in [0.5, 0.6) is 0 Å². The number of carbonyl (C=O) groups excluding carboxylic acids is 1. The maximum Gasteiger partial charge on any atom is 0.334 e. The van der Waals surface area contributed by atoms with E-state index in [4.69, 9.17) is 14.2 Å². The van der Waals surface area contributed by atoms with Gasteiger partial charge in [0.05, 0.1) is 12.7 Å². The van der Waals surface area contributed by atoms with E-state index in [0.717, 1.165) is 24.8 Å². The second kappa shape index (κ2) is 7.45. The first-order valence-corrected chi connectivity index (χ1v) is 6.14. The molecule has 0 aromatic carbocycles. The second-order valence-corrected chi connectivity index (χ2v) is 4.24. The van der Waals surface area contributed by atoms with Crippen LogP contribution in [0.25, 0.3) is 0 Å². The average Bonchev–Trinajstić information content (AvgIpc) is 2.47. The van der Waals surface area contributed by atoms with Gasteiger partial charge in [-0.3, -0.25) is 0 Å². The predicted octanol–water partition coefficient (Wildman–Crippen LogP) is 2.08. The van der Waals surface area contributed by atoms with Crippen LogP contribution in [-0.4, -0.2) is 39.0 Å². The Bertz CT molecular complexity index is 273. The van der Waals surface area contributed by atoms with Crippen LogP contribution < -0.4 is 0 Å². The van der Waals surface area contributed by atoms with Gasteiger partial charge in [0.2, 0.25) is 0 Å². The average molecular weight is 242 g/mol. The summed E-state index contributed by atoms with van der Waals surface area (Å²) in [6.07, 6.45) is 5.08. The van der Waals surface area contributed by atoms with Gasteiger partial charge in [-0.15, -0.1) is 0 Å². The summed E-state index contributed by atoms with van der Waals surface area (Å²) in [5, 5.41) is 0. The molecule has 0 saturated carbocycles. The number of methoxy groups -OCH3 is 2. The molecule has 4 heteroatoms. The van der Waals surface area contributed by atoms with Gasteiger partial charge >= 0.3 is 5.97 Å². The van der Waals surface area contributed by atoms with Crippen LogP contribution in [-0.2, 0) is 19.0 Å². The Balaban J connectivity index is 2.67. The molecular formula is C13H22O4. The minimum atomic E-state index is -0.312. The fourth-order valence-electron chi connectivity index (χ4n) is 1.91. The Labute approximate surface area is 103 Å². The van der Waals surface area contributed by atoms with E-state index in [1.54, 1.807) is 14.2 Å². The monoisotopic (exact) mass is 242 g/mol. The highest BCUT2D eigenvalue weighted by Gasteiger charge is 2.29. The molecule has 2 atom stereocenters. The number of cyclic esters (lactones) is 1. The molecule has 0 N–H and O–H groups in total. The van der Waals surface area contributed by atoms with Gasteiger partial charge in [0.25, 0.3) is 0 Å². The van der Waals surface area contributed by atoms with Crippen molar-refractivity contribution < 1.29 is 19.0 Å². The van der Waals surface area contributed by atoms with Crippen molar-refractivity contribution in [2.24, 2.45) is 0 Å². The molecular weight excluding hydrogens is 220 g/mol. The van der Waals surface area contributed by atoms with Crippen molar-refractivity contribution in [2.75, 3.05) is 20.8 Å². The standard InChI is InChI=1S/C13H22O4/c1-4-5-6-10-7-8-11(16-3)12(9-15-2)17-13(10)14/h7,11-12H,4-6,8-9H2,1-3H3/t11-,12+/m0/s1. The number of hydrogen-bond donors (Lipinski definition) is 0. The quantitative estimate of drug-likeness (QED) is 0.669. The van der Waals surface area contributed by atoms with Gasteiger partial charge < -0.3 is 14.2 Å². The van der Waals surface area contributed by atoms with Crippen LogP contribution in [0.4, 0.5) is 0 Å². The molecule has 98 valence electrons. The summed E-state index contributed by atoms with van der Waals surface area (Å²) in [4.78, 5) is 11.9. The largest absolute Gasteiger partial charge is 0.454 e. The lowest BCUT2D eigenvalue weighted by atomic mass is 10.1. The molecule has 1 heterocycles. The summed E-state index contributed by atoms with van der Waals surface area (Å²) in [7, 11) is 3.23. The highest BCUT2D eigenvalue weighted by molar-refractivity contribution is 5.88. The molecule has 1 aliphatic rings. The normalized spacial score (nSPS) is 25.1. The van der Waals surface area contributed by atoms with Crippen LogP contribution in [0.3, 0.4) is 0 Å². The third kappa shape index (κ3) is 4.13. The van der Waals surface area contributed by atoms with Crippen LogP contribution in [0, 0.1) is 0 Å². The van der Waals surface area contributed by atoms with Crippen LogP contribution in [0.1, 0.15) is 32.6 Å². The molecule has 0 unspecified atom stereocenters. The van der Waals surface area contributed by atoms with Crippen molar-refractivity contribution in [3.63, 3.8) is 0 Å². The smallest absolute Gasteiger partial charge is 0.334 e. The fraction of sp³-hybridized carbons (Fsp3) is 0.769. The molecule has 0 spiro atoms. The zero-order valence-electron chi connectivity index (χ0n) is 10.9. The van der Waals surface area contributed by atoms with E-state index in [-0.39, 0.29) is 18.2 Å². The minimum absolute atomic E-state index is 0.113. The van der Waals surface area contributed by atoms with Crippen molar-refractivity contribution in [1.82, 2.24) is 0 Å². The number of esters is 1. The van der Waals surface area contributed by atoms with Gasteiger partial charge in [0.1, 0.15) is 0 Å². The third-order valence-electron chi connectivity index (χ3n) is 2.97. The molecule has 0 amide bonds. The zero-order valence-corrected chi connectivity index (χ0v) is 10.9. The van der Waals surface area contributed by atoms with E-state index in [9.17, 15) is 4.79 Å². The van der Waals surface area contributed by atoms with Crippen molar-refractivity contribution in [1.29, 1.82) is 0 Å². The molecule has 4 nitrogen and oxygen atoms in total. The van der Waals surface area contributed by atoms with E-state index in [1.165, 1.54) is 0 Å². The highest BCUT2D eigenvalue weighted by atomic mass is 16.6. The number of unbranched alkanes of at least 4 members (excludes halogenated alkanes) is 1. The molecule has 1 aliphatic heterocycles. The molecule has 0 saturated heterocycles. The summed E-state index contributed by atoms with van der Waals surface area (Å²) in [6.45, 7) is 2.48. The van der Waals surface area contributed by atoms with E-state index in [1.807, 2.05) is 6.08 Å². The van der Waals surface area contributed by atoms with E-state index < -0.39 is 0 Å². The Kier molecular flexibility index (Phi) is 6.22. The maximum absolute atomic E-state index is 11.9. The Morgan fingerprint density at radius 2 is 2.24 bits per heavy atom. The SMILES string of the molecule is CCCCC1=CC[C@H](OC)[C@@H](COC)OC1=O. The highest BCUT2D eigenvalue weighted by Crippen LogP contribution is 2.20. The lowest BCUT2D eigenvalue weighted by molar-refractivity contribution is -0.154. The fourth-order valence-corrected chi connectivity index (χ4v) is 1.91. The summed E-state index contributed by atoms with van der Waals surface area (Å²) < 4.78 is 15.8. The van der Waals surface area contributed by atoms with Crippen molar-refractivity contribution in [2.45, 2.75) is 44.8 Å². The van der Waals surface area contributed by atoms with Gasteiger partial charge in [-0.05, 0) is 19.3 Å². The molecule has 0 bridgehead atoms. The van der Waals surface area contributed by atoms with Crippen molar-refractivity contribution in [3.05, 3.63) is 11.6 Å². The molecule has 0 fully saturated rings.